The van der Waals surface area contributed by atoms with Crippen LogP contribution in [-0.4, -0.2) is 9.32 Å². The third kappa shape index (κ3) is 3.11. The molecule has 2 rings (SSSR count). The van der Waals surface area contributed by atoms with E-state index in [1.165, 1.54) is 0 Å². The van der Waals surface area contributed by atoms with Crippen LogP contribution >= 0.6 is 15.9 Å². The van der Waals surface area contributed by atoms with Gasteiger partial charge in [-0.25, -0.2) is 0 Å². The average molecular weight is 326 g/mol. The van der Waals surface area contributed by atoms with Crippen LogP contribution in [0.3, 0.4) is 0 Å². The van der Waals surface area contributed by atoms with Crippen LogP contribution < -0.4 is 5.73 Å². The number of phenolic OH excluding ortho intramolecular Hbond substituents is 1. The van der Waals surface area contributed by atoms with E-state index in [0.29, 0.717) is 11.4 Å². The van der Waals surface area contributed by atoms with Gasteiger partial charge in [-0.2, -0.15) is 0 Å². The zero-order valence-corrected chi connectivity index (χ0v) is 11.9. The standard InChI is InChI=1S/C13H12BrNO2S/c14-12-7-10(15)3-6-13(12)18(17)8-9-1-4-11(16)5-2-9/h1-7,16H,8,15H2. The topological polar surface area (TPSA) is 63.3 Å². The lowest BCUT2D eigenvalue weighted by atomic mass is 10.2. The van der Waals surface area contributed by atoms with E-state index >= 15 is 0 Å². The lowest BCUT2D eigenvalue weighted by Crippen LogP contribution is -1.98. The maximum atomic E-state index is 12.2. The Bertz CT molecular complexity index is 584. The lowest BCUT2D eigenvalue weighted by molar-refractivity contribution is 0.475. The zero-order valence-electron chi connectivity index (χ0n) is 9.47. The van der Waals surface area contributed by atoms with E-state index in [1.807, 2.05) is 0 Å². The van der Waals surface area contributed by atoms with E-state index in [9.17, 15) is 9.32 Å². The third-order valence-electron chi connectivity index (χ3n) is 2.44. The molecule has 3 nitrogen and oxygen atoms in total. The van der Waals surface area contributed by atoms with Crippen molar-refractivity contribution in [1.82, 2.24) is 0 Å². The van der Waals surface area contributed by atoms with E-state index in [-0.39, 0.29) is 5.75 Å². The Balaban J connectivity index is 2.19. The van der Waals surface area contributed by atoms with Gasteiger partial charge in [0, 0.05) is 10.2 Å². The molecule has 0 saturated heterocycles. The first-order valence-corrected chi connectivity index (χ1v) is 7.39. The van der Waals surface area contributed by atoms with Crippen molar-refractivity contribution in [2.75, 3.05) is 5.73 Å². The summed E-state index contributed by atoms with van der Waals surface area (Å²) in [7, 11) is -1.14. The summed E-state index contributed by atoms with van der Waals surface area (Å²) in [6, 6.07) is 11.9. The molecule has 0 saturated carbocycles. The minimum Gasteiger partial charge on any atom is -0.508 e. The second-order valence-corrected chi connectivity index (χ2v) is 6.12. The molecule has 0 bridgehead atoms. The van der Waals surface area contributed by atoms with Crippen LogP contribution in [0.2, 0.25) is 0 Å². The van der Waals surface area contributed by atoms with Crippen molar-refractivity contribution in [2.45, 2.75) is 10.6 Å². The van der Waals surface area contributed by atoms with Crippen molar-refractivity contribution in [3.05, 3.63) is 52.5 Å². The van der Waals surface area contributed by atoms with Crippen molar-refractivity contribution >= 4 is 32.4 Å². The van der Waals surface area contributed by atoms with Crippen molar-refractivity contribution in [3.8, 4) is 5.75 Å². The highest BCUT2D eigenvalue weighted by atomic mass is 79.9. The summed E-state index contributed by atoms with van der Waals surface area (Å²) in [5.41, 5.74) is 7.18. The van der Waals surface area contributed by atoms with Crippen molar-refractivity contribution in [3.63, 3.8) is 0 Å². The molecular formula is C13H12BrNO2S. The van der Waals surface area contributed by atoms with E-state index in [1.54, 1.807) is 42.5 Å². The number of rotatable bonds is 3. The predicted octanol–water partition coefficient (Wildman–Crippen LogP) is 3.04. The molecule has 0 radical (unpaired) electrons. The number of nitrogen functional groups attached to an aromatic ring is 1. The van der Waals surface area contributed by atoms with Gasteiger partial charge in [-0.05, 0) is 51.8 Å². The molecule has 0 heterocycles. The van der Waals surface area contributed by atoms with Gasteiger partial charge in [-0.15, -0.1) is 0 Å². The number of anilines is 1. The summed E-state index contributed by atoms with van der Waals surface area (Å²) in [6.45, 7) is 0. The molecule has 1 atom stereocenters. The van der Waals surface area contributed by atoms with Crippen LogP contribution in [0.4, 0.5) is 5.69 Å². The molecule has 0 amide bonds. The number of aromatic hydroxyl groups is 1. The summed E-state index contributed by atoms with van der Waals surface area (Å²) in [5, 5.41) is 9.19. The Morgan fingerprint density at radius 2 is 1.83 bits per heavy atom. The first kappa shape index (κ1) is 13.1. The monoisotopic (exact) mass is 325 g/mol. The molecule has 18 heavy (non-hydrogen) atoms. The summed E-state index contributed by atoms with van der Waals surface area (Å²) in [6.07, 6.45) is 0. The largest absolute Gasteiger partial charge is 0.508 e. The molecule has 2 aromatic rings. The first-order chi connectivity index (χ1) is 8.56. The second-order valence-electron chi connectivity index (χ2n) is 3.85. The van der Waals surface area contributed by atoms with Crippen molar-refractivity contribution in [1.29, 1.82) is 0 Å². The Kier molecular flexibility index (Phi) is 4.04. The average Bonchev–Trinajstić information content (AvgIpc) is 2.32. The molecule has 0 aliphatic heterocycles. The number of phenols is 1. The smallest absolute Gasteiger partial charge is 0.115 e. The third-order valence-corrected chi connectivity index (χ3v) is 4.80. The molecule has 5 heteroatoms. The van der Waals surface area contributed by atoms with Crippen LogP contribution in [0.15, 0.2) is 51.8 Å². The predicted molar refractivity (Wildman–Crippen MR) is 76.8 cm³/mol. The molecule has 0 aliphatic carbocycles. The molecule has 94 valence electrons. The zero-order chi connectivity index (χ0) is 13.1. The van der Waals surface area contributed by atoms with E-state index < -0.39 is 10.8 Å². The fourth-order valence-corrected chi connectivity index (χ4v) is 3.61. The maximum absolute atomic E-state index is 12.2. The summed E-state index contributed by atoms with van der Waals surface area (Å²) in [5.74, 6) is 0.612. The number of halogens is 1. The molecule has 2 aromatic carbocycles. The highest BCUT2D eigenvalue weighted by Gasteiger charge is 2.09. The Hall–Kier alpha value is -1.33. The first-order valence-electron chi connectivity index (χ1n) is 5.27. The highest BCUT2D eigenvalue weighted by Crippen LogP contribution is 2.25. The van der Waals surface area contributed by atoms with Gasteiger partial charge in [-0.3, -0.25) is 4.21 Å². The molecule has 0 spiro atoms. The Labute approximate surface area is 116 Å². The quantitative estimate of drug-likeness (QED) is 0.852. The van der Waals surface area contributed by atoms with Crippen LogP contribution in [0.25, 0.3) is 0 Å². The molecular weight excluding hydrogens is 314 g/mol. The number of hydrogen-bond acceptors (Lipinski definition) is 3. The van der Waals surface area contributed by atoms with E-state index in [0.717, 1.165) is 14.9 Å². The Morgan fingerprint density at radius 1 is 1.17 bits per heavy atom. The molecule has 0 aliphatic rings. The van der Waals surface area contributed by atoms with Crippen LogP contribution in [0, 0.1) is 0 Å². The number of benzene rings is 2. The SMILES string of the molecule is Nc1ccc(S(=O)Cc2ccc(O)cc2)c(Br)c1. The summed E-state index contributed by atoms with van der Waals surface area (Å²) >= 11 is 3.36. The minimum absolute atomic E-state index is 0.207. The summed E-state index contributed by atoms with van der Waals surface area (Å²) in [4.78, 5) is 0.720. The molecule has 0 aromatic heterocycles. The summed E-state index contributed by atoms with van der Waals surface area (Å²) < 4.78 is 13.0. The van der Waals surface area contributed by atoms with Gasteiger partial charge in [0.25, 0.3) is 0 Å². The van der Waals surface area contributed by atoms with Crippen LogP contribution in [0.1, 0.15) is 5.56 Å². The molecule has 1 unspecified atom stereocenters. The highest BCUT2D eigenvalue weighted by molar-refractivity contribution is 9.10. The molecule has 0 fully saturated rings. The molecule has 3 N–H and O–H groups in total. The van der Waals surface area contributed by atoms with Gasteiger partial charge < -0.3 is 10.8 Å². The van der Waals surface area contributed by atoms with Crippen LogP contribution in [0.5, 0.6) is 5.75 Å². The van der Waals surface area contributed by atoms with Gasteiger partial charge in [0.1, 0.15) is 5.75 Å². The lowest BCUT2D eigenvalue weighted by Gasteiger charge is -2.06. The second kappa shape index (κ2) is 5.54. The number of hydrogen-bond donors (Lipinski definition) is 2. The van der Waals surface area contributed by atoms with Gasteiger partial charge in [0.05, 0.1) is 21.4 Å². The fraction of sp³-hybridized carbons (Fsp3) is 0.0769. The minimum atomic E-state index is -1.14. The van der Waals surface area contributed by atoms with Crippen molar-refractivity contribution < 1.29 is 9.32 Å². The van der Waals surface area contributed by atoms with Gasteiger partial charge in [-0.1, -0.05) is 12.1 Å². The van der Waals surface area contributed by atoms with Crippen LogP contribution in [-0.2, 0) is 16.6 Å². The van der Waals surface area contributed by atoms with Crippen molar-refractivity contribution in [2.24, 2.45) is 0 Å². The normalized spacial score (nSPS) is 12.3. The van der Waals surface area contributed by atoms with E-state index in [4.69, 9.17) is 5.73 Å². The van der Waals surface area contributed by atoms with Gasteiger partial charge in [0.15, 0.2) is 0 Å². The van der Waals surface area contributed by atoms with Gasteiger partial charge in [0.2, 0.25) is 0 Å². The van der Waals surface area contributed by atoms with E-state index in [2.05, 4.69) is 15.9 Å². The maximum Gasteiger partial charge on any atom is 0.115 e. The Morgan fingerprint density at radius 3 is 2.44 bits per heavy atom. The van der Waals surface area contributed by atoms with Gasteiger partial charge >= 0.3 is 0 Å². The number of nitrogens with two attached hydrogens (primary N) is 1. The fourth-order valence-electron chi connectivity index (χ4n) is 1.52.